The Kier molecular flexibility index (Phi) is 8.27. The van der Waals surface area contributed by atoms with Gasteiger partial charge in [-0.05, 0) is 48.5 Å². The van der Waals surface area contributed by atoms with Crippen LogP contribution in [0.15, 0.2) is 77.7 Å². The van der Waals surface area contributed by atoms with Crippen LogP contribution in [0.3, 0.4) is 0 Å². The summed E-state index contributed by atoms with van der Waals surface area (Å²) in [6.45, 7) is -0.442. The van der Waals surface area contributed by atoms with Crippen molar-refractivity contribution in [2.24, 2.45) is 0 Å². The topological polar surface area (TPSA) is 60.9 Å². The van der Waals surface area contributed by atoms with Crippen LogP contribution >= 0.6 is 11.6 Å². The molecule has 0 aliphatic carbocycles. The maximum Gasteiger partial charge on any atom is 0.416 e. The van der Waals surface area contributed by atoms with Crippen molar-refractivity contribution in [3.8, 4) is 0 Å². The van der Waals surface area contributed by atoms with Crippen LogP contribution in [0.1, 0.15) is 11.1 Å². The van der Waals surface area contributed by atoms with Crippen molar-refractivity contribution in [1.29, 1.82) is 0 Å². The Labute approximate surface area is 231 Å². The predicted octanol–water partition coefficient (Wildman–Crippen LogP) is 5.92. The Morgan fingerprint density at radius 2 is 1.40 bits per heavy atom. The lowest BCUT2D eigenvalue weighted by Crippen LogP contribution is -2.52. The number of amides is 1. The van der Waals surface area contributed by atoms with Gasteiger partial charge in [-0.25, -0.2) is 8.42 Å². The third-order valence-electron chi connectivity index (χ3n) is 6.32. The fraction of sp³-hybridized carbons (Fsp3) is 0.269. The molecule has 1 fully saturated rings. The lowest BCUT2D eigenvalue weighted by molar-refractivity contribution is -0.138. The van der Waals surface area contributed by atoms with E-state index in [1.165, 1.54) is 41.3 Å². The molecule has 0 atom stereocenters. The number of sulfonamides is 1. The minimum absolute atomic E-state index is 0.0463. The number of carbonyl (C=O) groups excluding carboxylic acids is 1. The SMILES string of the molecule is O=C(CN(c1cc(C(F)(F)F)ccc1Cl)S(=O)(=O)c1ccccc1)N1CCN(c2cccc(C(F)(F)F)c2)CC1. The fourth-order valence-corrected chi connectivity index (χ4v) is 5.93. The van der Waals surface area contributed by atoms with Gasteiger partial charge in [0.15, 0.2) is 0 Å². The van der Waals surface area contributed by atoms with Crippen LogP contribution in [0.5, 0.6) is 0 Å². The third kappa shape index (κ3) is 6.47. The van der Waals surface area contributed by atoms with Gasteiger partial charge in [-0.3, -0.25) is 9.10 Å². The van der Waals surface area contributed by atoms with Crippen LogP contribution in [0.25, 0.3) is 0 Å². The highest BCUT2D eigenvalue weighted by molar-refractivity contribution is 7.92. The number of rotatable bonds is 6. The van der Waals surface area contributed by atoms with Crippen LogP contribution in [0.4, 0.5) is 37.7 Å². The molecule has 3 aromatic carbocycles. The molecule has 4 rings (SSSR count). The molecule has 0 radical (unpaired) electrons. The molecule has 6 nitrogen and oxygen atoms in total. The zero-order valence-electron chi connectivity index (χ0n) is 20.6. The summed E-state index contributed by atoms with van der Waals surface area (Å²) in [6.07, 6.45) is -9.32. The largest absolute Gasteiger partial charge is 0.416 e. The van der Waals surface area contributed by atoms with E-state index in [0.29, 0.717) is 22.1 Å². The molecule has 14 heteroatoms. The Bertz CT molecular complexity index is 1470. The van der Waals surface area contributed by atoms with Crippen molar-refractivity contribution in [2.45, 2.75) is 17.2 Å². The number of benzene rings is 3. The normalized spacial score (nSPS) is 14.8. The van der Waals surface area contributed by atoms with Gasteiger partial charge < -0.3 is 9.80 Å². The second-order valence-corrected chi connectivity index (χ2v) is 11.2. The fourth-order valence-electron chi connectivity index (χ4n) is 4.22. The maximum atomic E-state index is 13.5. The number of alkyl halides is 6. The first-order valence-corrected chi connectivity index (χ1v) is 13.6. The standard InChI is InChI=1S/C26H22ClF6N3O3S/c27-22-10-9-19(26(31,32)33)16-23(22)36(40(38,39)21-7-2-1-3-8-21)17-24(37)35-13-11-34(12-14-35)20-6-4-5-18(15-20)25(28,29)30/h1-10,15-16H,11-14,17H2. The third-order valence-corrected chi connectivity index (χ3v) is 8.42. The van der Waals surface area contributed by atoms with Crippen LogP contribution in [-0.4, -0.2) is 51.9 Å². The first-order chi connectivity index (χ1) is 18.7. The summed E-state index contributed by atoms with van der Waals surface area (Å²) in [6, 6.07) is 13.8. The Morgan fingerprint density at radius 1 is 0.800 bits per heavy atom. The first-order valence-electron chi connectivity index (χ1n) is 11.8. The van der Waals surface area contributed by atoms with E-state index in [-0.39, 0.29) is 36.1 Å². The number of carbonyl (C=O) groups is 1. The molecule has 1 aliphatic heterocycles. The molecule has 1 saturated heterocycles. The molecule has 0 N–H and O–H groups in total. The second-order valence-electron chi connectivity index (χ2n) is 8.90. The average molecular weight is 606 g/mol. The summed E-state index contributed by atoms with van der Waals surface area (Å²) in [5.41, 5.74) is -2.17. The molecule has 0 bridgehead atoms. The number of anilines is 2. The quantitative estimate of drug-likeness (QED) is 0.327. The number of hydrogen-bond acceptors (Lipinski definition) is 4. The minimum atomic E-state index is -4.80. The summed E-state index contributed by atoms with van der Waals surface area (Å²) in [7, 11) is -4.53. The average Bonchev–Trinajstić information content (AvgIpc) is 2.91. The van der Waals surface area contributed by atoms with Gasteiger partial charge in [-0.2, -0.15) is 26.3 Å². The van der Waals surface area contributed by atoms with E-state index in [1.807, 2.05) is 0 Å². The van der Waals surface area contributed by atoms with Gasteiger partial charge in [-0.15, -0.1) is 0 Å². The van der Waals surface area contributed by atoms with Crippen molar-refractivity contribution in [3.63, 3.8) is 0 Å². The number of piperazine rings is 1. The molecule has 0 saturated carbocycles. The zero-order valence-corrected chi connectivity index (χ0v) is 22.2. The zero-order chi connectivity index (χ0) is 29.3. The van der Waals surface area contributed by atoms with E-state index < -0.39 is 51.6 Å². The first kappa shape index (κ1) is 29.5. The molecule has 1 aliphatic rings. The van der Waals surface area contributed by atoms with Gasteiger partial charge in [0.25, 0.3) is 10.0 Å². The molecule has 0 unspecified atom stereocenters. The smallest absolute Gasteiger partial charge is 0.368 e. The lowest BCUT2D eigenvalue weighted by atomic mass is 10.1. The molecular weight excluding hydrogens is 584 g/mol. The van der Waals surface area contributed by atoms with Crippen molar-refractivity contribution in [3.05, 3.63) is 88.9 Å². The van der Waals surface area contributed by atoms with Crippen LogP contribution in [0, 0.1) is 0 Å². The van der Waals surface area contributed by atoms with Crippen molar-refractivity contribution in [1.82, 2.24) is 4.90 Å². The van der Waals surface area contributed by atoms with E-state index in [2.05, 4.69) is 0 Å². The molecule has 1 amide bonds. The highest BCUT2D eigenvalue weighted by Crippen LogP contribution is 2.37. The van der Waals surface area contributed by atoms with E-state index in [0.717, 1.165) is 18.2 Å². The monoisotopic (exact) mass is 605 g/mol. The summed E-state index contributed by atoms with van der Waals surface area (Å²) < 4.78 is 107. The number of halogens is 7. The van der Waals surface area contributed by atoms with Crippen LogP contribution in [0.2, 0.25) is 5.02 Å². The maximum absolute atomic E-state index is 13.5. The Balaban J connectivity index is 1.59. The van der Waals surface area contributed by atoms with Crippen molar-refractivity contribution >= 4 is 38.9 Å². The van der Waals surface area contributed by atoms with E-state index in [1.54, 1.807) is 11.0 Å². The predicted molar refractivity (Wildman–Crippen MR) is 138 cm³/mol. The summed E-state index contributed by atoms with van der Waals surface area (Å²) in [5.74, 6) is -0.711. The Hall–Kier alpha value is -3.45. The summed E-state index contributed by atoms with van der Waals surface area (Å²) >= 11 is 6.15. The molecule has 3 aromatic rings. The number of hydrogen-bond donors (Lipinski definition) is 0. The van der Waals surface area contributed by atoms with Crippen LogP contribution < -0.4 is 9.21 Å². The van der Waals surface area contributed by atoms with Crippen LogP contribution in [-0.2, 0) is 27.2 Å². The molecule has 40 heavy (non-hydrogen) atoms. The van der Waals surface area contributed by atoms with Crippen molar-refractivity contribution in [2.75, 3.05) is 41.9 Å². The highest BCUT2D eigenvalue weighted by atomic mass is 35.5. The molecule has 0 spiro atoms. The van der Waals surface area contributed by atoms with Gasteiger partial charge >= 0.3 is 12.4 Å². The van der Waals surface area contributed by atoms with E-state index >= 15 is 0 Å². The molecule has 0 aromatic heterocycles. The van der Waals surface area contributed by atoms with E-state index in [9.17, 15) is 39.6 Å². The van der Waals surface area contributed by atoms with Gasteiger partial charge in [0.1, 0.15) is 6.54 Å². The van der Waals surface area contributed by atoms with Gasteiger partial charge in [0, 0.05) is 31.9 Å². The van der Waals surface area contributed by atoms with E-state index in [4.69, 9.17) is 11.6 Å². The molecule has 214 valence electrons. The lowest BCUT2D eigenvalue weighted by Gasteiger charge is -2.37. The summed E-state index contributed by atoms with van der Waals surface area (Å²) in [4.78, 5) is 16.0. The molecular formula is C26H22ClF6N3O3S. The number of nitrogens with zero attached hydrogens (tertiary/aromatic N) is 3. The van der Waals surface area contributed by atoms with Gasteiger partial charge in [0.05, 0.1) is 26.7 Å². The Morgan fingerprint density at radius 3 is 2.00 bits per heavy atom. The minimum Gasteiger partial charge on any atom is -0.368 e. The summed E-state index contributed by atoms with van der Waals surface area (Å²) in [5, 5.41) is -0.310. The van der Waals surface area contributed by atoms with Crippen molar-refractivity contribution < 1.29 is 39.6 Å². The molecule has 1 heterocycles. The second kappa shape index (κ2) is 11.2. The highest BCUT2D eigenvalue weighted by Gasteiger charge is 2.36. The van der Waals surface area contributed by atoms with Gasteiger partial charge in [-0.1, -0.05) is 35.9 Å². The van der Waals surface area contributed by atoms with Gasteiger partial charge in [0.2, 0.25) is 5.91 Å².